The van der Waals surface area contributed by atoms with Crippen LogP contribution in [-0.2, 0) is 11.3 Å². The van der Waals surface area contributed by atoms with Crippen LogP contribution in [0.2, 0.25) is 5.02 Å². The standard InChI is InChI=1S/C19H25ClN6O2/c1-5-25-18-21-16-15(26(18)12(3)11(2)22-25)17(27)24(19(28)23(16)4)10-13-6-8-14(20)9-7-13/h6-9,12,15-16,18,21H,5,10H2,1-4H3. The lowest BCUT2D eigenvalue weighted by molar-refractivity contribution is -0.140. The number of halogens is 1. The summed E-state index contributed by atoms with van der Waals surface area (Å²) in [5, 5.41) is 10.6. The SMILES string of the molecule is CCN1N=C(C)C(C)N2C3C(=O)N(Cc4ccc(Cl)cc4)C(=O)N(C)C3NC12. The normalized spacial score (nSPS) is 30.5. The number of hydrogen-bond donors (Lipinski definition) is 1. The summed E-state index contributed by atoms with van der Waals surface area (Å²) in [5.74, 6) is -0.185. The molecule has 4 atom stereocenters. The minimum atomic E-state index is -0.463. The van der Waals surface area contributed by atoms with Gasteiger partial charge in [0.1, 0.15) is 12.2 Å². The maximum atomic E-state index is 13.4. The van der Waals surface area contributed by atoms with Gasteiger partial charge in [0.15, 0.2) is 6.29 Å². The highest BCUT2D eigenvalue weighted by Gasteiger charge is 2.57. The lowest BCUT2D eigenvalue weighted by Gasteiger charge is -2.44. The van der Waals surface area contributed by atoms with Gasteiger partial charge in [-0.15, -0.1) is 0 Å². The number of fused-ring (bicyclic) bond motifs is 3. The molecule has 3 amide bonds. The average Bonchev–Trinajstić information content (AvgIpc) is 3.09. The van der Waals surface area contributed by atoms with Crippen LogP contribution in [0.15, 0.2) is 29.4 Å². The van der Waals surface area contributed by atoms with Crippen LogP contribution in [0.3, 0.4) is 0 Å². The molecule has 0 bridgehead atoms. The number of urea groups is 1. The van der Waals surface area contributed by atoms with Gasteiger partial charge >= 0.3 is 6.03 Å². The monoisotopic (exact) mass is 404 g/mol. The van der Waals surface area contributed by atoms with E-state index in [2.05, 4.69) is 22.2 Å². The third-order valence-corrected chi connectivity index (χ3v) is 6.14. The van der Waals surface area contributed by atoms with Crippen LogP contribution in [0.1, 0.15) is 26.3 Å². The third-order valence-electron chi connectivity index (χ3n) is 5.89. The molecule has 0 aliphatic carbocycles. The molecule has 1 aromatic carbocycles. The van der Waals surface area contributed by atoms with Gasteiger partial charge in [-0.25, -0.2) is 9.69 Å². The van der Waals surface area contributed by atoms with Crippen molar-refractivity contribution in [2.24, 2.45) is 5.10 Å². The average molecular weight is 405 g/mol. The number of amides is 3. The lowest BCUT2D eigenvalue weighted by atomic mass is 10.0. The van der Waals surface area contributed by atoms with Crippen LogP contribution >= 0.6 is 11.6 Å². The number of hydrazone groups is 1. The Morgan fingerprint density at radius 1 is 1.21 bits per heavy atom. The molecule has 0 saturated carbocycles. The number of likely N-dealkylation sites (N-methyl/N-ethyl adjacent to an activating group) is 1. The van der Waals surface area contributed by atoms with Crippen molar-refractivity contribution in [3.05, 3.63) is 34.9 Å². The summed E-state index contributed by atoms with van der Waals surface area (Å²) in [7, 11) is 1.74. The van der Waals surface area contributed by atoms with Gasteiger partial charge in [-0.2, -0.15) is 5.10 Å². The summed E-state index contributed by atoms with van der Waals surface area (Å²) in [6.07, 6.45) is -0.600. The predicted molar refractivity (Wildman–Crippen MR) is 106 cm³/mol. The van der Waals surface area contributed by atoms with Crippen molar-refractivity contribution in [3.63, 3.8) is 0 Å². The predicted octanol–water partition coefficient (Wildman–Crippen LogP) is 1.72. The molecule has 3 aliphatic rings. The zero-order chi connectivity index (χ0) is 20.2. The maximum absolute atomic E-state index is 13.4. The van der Waals surface area contributed by atoms with Gasteiger partial charge in [0.25, 0.3) is 5.91 Å². The van der Waals surface area contributed by atoms with E-state index in [1.807, 2.05) is 31.0 Å². The molecule has 2 fully saturated rings. The first kappa shape index (κ1) is 19.2. The van der Waals surface area contributed by atoms with Crippen molar-refractivity contribution >= 4 is 29.3 Å². The van der Waals surface area contributed by atoms with E-state index in [1.165, 1.54) is 4.90 Å². The zero-order valence-corrected chi connectivity index (χ0v) is 17.2. The fourth-order valence-corrected chi connectivity index (χ4v) is 4.33. The van der Waals surface area contributed by atoms with Crippen molar-refractivity contribution in [2.75, 3.05) is 13.6 Å². The number of hydrogen-bond acceptors (Lipinski definition) is 6. The molecule has 8 nitrogen and oxygen atoms in total. The zero-order valence-electron chi connectivity index (χ0n) is 16.5. The van der Waals surface area contributed by atoms with Crippen molar-refractivity contribution in [1.29, 1.82) is 0 Å². The number of benzene rings is 1. The second kappa shape index (κ2) is 7.02. The second-order valence-corrected chi connectivity index (χ2v) is 7.93. The molecule has 0 radical (unpaired) electrons. The highest BCUT2D eigenvalue weighted by atomic mass is 35.5. The molecule has 4 unspecified atom stereocenters. The molecule has 1 aromatic rings. The second-order valence-electron chi connectivity index (χ2n) is 7.49. The summed E-state index contributed by atoms with van der Waals surface area (Å²) in [4.78, 5) is 31.5. The highest BCUT2D eigenvalue weighted by Crippen LogP contribution is 2.33. The van der Waals surface area contributed by atoms with E-state index in [0.29, 0.717) is 11.6 Å². The minimum Gasteiger partial charge on any atom is -0.310 e. The topological polar surface area (TPSA) is 71.5 Å². The fraction of sp³-hybridized carbons (Fsp3) is 0.526. The Kier molecular flexibility index (Phi) is 4.81. The van der Waals surface area contributed by atoms with E-state index in [1.54, 1.807) is 24.1 Å². The maximum Gasteiger partial charge on any atom is 0.328 e. The third kappa shape index (κ3) is 2.87. The largest absolute Gasteiger partial charge is 0.328 e. The summed E-state index contributed by atoms with van der Waals surface area (Å²) in [5.41, 5.74) is 1.82. The van der Waals surface area contributed by atoms with Gasteiger partial charge < -0.3 is 4.90 Å². The lowest BCUT2D eigenvalue weighted by Crippen LogP contribution is -2.67. The number of carbonyl (C=O) groups excluding carboxylic acids is 2. The Morgan fingerprint density at radius 3 is 2.54 bits per heavy atom. The number of rotatable bonds is 3. The number of nitrogens with one attached hydrogen (secondary N) is 1. The molecular weight excluding hydrogens is 380 g/mol. The van der Waals surface area contributed by atoms with Crippen molar-refractivity contribution in [2.45, 2.75) is 51.9 Å². The van der Waals surface area contributed by atoms with Gasteiger partial charge in [-0.1, -0.05) is 23.7 Å². The van der Waals surface area contributed by atoms with Crippen molar-refractivity contribution in [3.8, 4) is 0 Å². The van der Waals surface area contributed by atoms with E-state index in [0.717, 1.165) is 11.3 Å². The van der Waals surface area contributed by atoms with Gasteiger partial charge in [-0.05, 0) is 38.5 Å². The van der Waals surface area contributed by atoms with E-state index >= 15 is 0 Å². The Balaban J connectivity index is 1.66. The molecule has 0 spiro atoms. The van der Waals surface area contributed by atoms with E-state index in [9.17, 15) is 9.59 Å². The summed E-state index contributed by atoms with van der Waals surface area (Å²) < 4.78 is 0. The highest BCUT2D eigenvalue weighted by molar-refractivity contribution is 6.30. The molecule has 1 N–H and O–H groups in total. The van der Waals surface area contributed by atoms with Crippen molar-refractivity contribution < 1.29 is 9.59 Å². The van der Waals surface area contributed by atoms with Crippen LogP contribution in [-0.4, -0.2) is 75.5 Å². The van der Waals surface area contributed by atoms with Crippen LogP contribution < -0.4 is 5.32 Å². The summed E-state index contributed by atoms with van der Waals surface area (Å²) in [6, 6.07) is 6.44. The number of imide groups is 1. The molecule has 2 saturated heterocycles. The van der Waals surface area contributed by atoms with Crippen LogP contribution in [0.25, 0.3) is 0 Å². The molecule has 28 heavy (non-hydrogen) atoms. The van der Waals surface area contributed by atoms with E-state index in [4.69, 9.17) is 11.6 Å². The summed E-state index contributed by atoms with van der Waals surface area (Å²) in [6.45, 7) is 6.98. The number of nitrogens with zero attached hydrogens (tertiary/aromatic N) is 5. The van der Waals surface area contributed by atoms with Crippen molar-refractivity contribution in [1.82, 2.24) is 25.0 Å². The van der Waals surface area contributed by atoms with Gasteiger partial charge in [0, 0.05) is 18.6 Å². The van der Waals surface area contributed by atoms with Gasteiger partial charge in [0.2, 0.25) is 0 Å². The molecule has 4 rings (SSSR count). The van der Waals surface area contributed by atoms with Gasteiger partial charge in [0.05, 0.1) is 18.3 Å². The molecule has 3 heterocycles. The number of carbonyl (C=O) groups is 2. The Labute approximate surface area is 169 Å². The summed E-state index contributed by atoms with van der Waals surface area (Å²) >= 11 is 5.95. The quantitative estimate of drug-likeness (QED) is 0.830. The minimum absolute atomic E-state index is 0.00164. The molecule has 0 aromatic heterocycles. The fourth-order valence-electron chi connectivity index (χ4n) is 4.21. The smallest absolute Gasteiger partial charge is 0.310 e. The molecule has 150 valence electrons. The Morgan fingerprint density at radius 2 is 1.89 bits per heavy atom. The first-order chi connectivity index (χ1) is 13.3. The Bertz CT molecular complexity index is 828. The van der Waals surface area contributed by atoms with Crippen LogP contribution in [0, 0.1) is 0 Å². The first-order valence-electron chi connectivity index (χ1n) is 9.51. The van der Waals surface area contributed by atoms with Gasteiger partial charge in [-0.3, -0.25) is 20.0 Å². The molecule has 9 heteroatoms. The Hall–Kier alpha value is -2.16. The van der Waals surface area contributed by atoms with E-state index in [-0.39, 0.29) is 37.0 Å². The van der Waals surface area contributed by atoms with Crippen LogP contribution in [0.4, 0.5) is 4.79 Å². The first-order valence-corrected chi connectivity index (χ1v) is 9.89. The van der Waals surface area contributed by atoms with E-state index < -0.39 is 6.04 Å². The molecular formula is C19H25ClN6O2. The molecule has 3 aliphatic heterocycles. The van der Waals surface area contributed by atoms with Crippen LogP contribution in [0.5, 0.6) is 0 Å².